The summed E-state index contributed by atoms with van der Waals surface area (Å²) in [6.07, 6.45) is 2.00. The lowest BCUT2D eigenvalue weighted by Crippen LogP contribution is -1.92. The van der Waals surface area contributed by atoms with Crippen LogP contribution in [-0.4, -0.2) is 4.98 Å². The van der Waals surface area contributed by atoms with Crippen LogP contribution in [0.3, 0.4) is 0 Å². The van der Waals surface area contributed by atoms with Crippen molar-refractivity contribution in [2.45, 2.75) is 33.6 Å². The van der Waals surface area contributed by atoms with Crippen LogP contribution in [0, 0.1) is 13.8 Å². The highest BCUT2D eigenvalue weighted by atomic mass is 14.7. The van der Waals surface area contributed by atoms with Crippen LogP contribution >= 0.6 is 0 Å². The third-order valence-electron chi connectivity index (χ3n) is 2.96. The number of aromatic nitrogens is 1. The lowest BCUT2D eigenvalue weighted by Gasteiger charge is -2.09. The van der Waals surface area contributed by atoms with Crippen molar-refractivity contribution in [1.82, 2.24) is 4.98 Å². The minimum Gasteiger partial charge on any atom is -0.256 e. The minimum atomic E-state index is 0.543. The van der Waals surface area contributed by atoms with Gasteiger partial charge in [0, 0.05) is 11.6 Å². The van der Waals surface area contributed by atoms with Crippen molar-refractivity contribution in [3.8, 4) is 0 Å². The molecular weight excluding hydrogens is 182 g/mol. The standard InChI is InChI=1S/C14H17N/c1-9(2)12-7-13-10(3)5-6-11(4)14(13)15-8-12/h5-9H,1-4H3. The summed E-state index contributed by atoms with van der Waals surface area (Å²) in [4.78, 5) is 4.56. The predicted octanol–water partition coefficient (Wildman–Crippen LogP) is 3.98. The van der Waals surface area contributed by atoms with Crippen LogP contribution in [0.1, 0.15) is 36.5 Å². The van der Waals surface area contributed by atoms with Gasteiger partial charge in [-0.15, -0.1) is 0 Å². The average Bonchev–Trinajstić information content (AvgIpc) is 2.23. The summed E-state index contributed by atoms with van der Waals surface area (Å²) in [6.45, 7) is 8.67. The van der Waals surface area contributed by atoms with Gasteiger partial charge in [-0.1, -0.05) is 26.0 Å². The van der Waals surface area contributed by atoms with Gasteiger partial charge in [-0.25, -0.2) is 0 Å². The molecule has 78 valence electrons. The Morgan fingerprint density at radius 1 is 1.07 bits per heavy atom. The van der Waals surface area contributed by atoms with Crippen LogP contribution in [-0.2, 0) is 0 Å². The second-order valence-electron chi connectivity index (χ2n) is 4.52. The second-order valence-corrected chi connectivity index (χ2v) is 4.52. The average molecular weight is 199 g/mol. The van der Waals surface area contributed by atoms with Gasteiger partial charge < -0.3 is 0 Å². The Labute approximate surface area is 91.2 Å². The summed E-state index contributed by atoms with van der Waals surface area (Å²) < 4.78 is 0. The zero-order valence-electron chi connectivity index (χ0n) is 9.83. The van der Waals surface area contributed by atoms with E-state index in [9.17, 15) is 0 Å². The zero-order valence-corrected chi connectivity index (χ0v) is 9.83. The van der Waals surface area contributed by atoms with E-state index in [2.05, 4.69) is 50.9 Å². The fourth-order valence-electron chi connectivity index (χ4n) is 1.83. The molecule has 0 radical (unpaired) electrons. The van der Waals surface area contributed by atoms with E-state index in [1.54, 1.807) is 0 Å². The first-order valence-corrected chi connectivity index (χ1v) is 5.45. The van der Waals surface area contributed by atoms with Gasteiger partial charge >= 0.3 is 0 Å². The predicted molar refractivity (Wildman–Crippen MR) is 65.3 cm³/mol. The Morgan fingerprint density at radius 3 is 2.40 bits per heavy atom. The molecular formula is C14H17N. The molecule has 1 heterocycles. The van der Waals surface area contributed by atoms with Crippen molar-refractivity contribution in [3.63, 3.8) is 0 Å². The summed E-state index contributed by atoms with van der Waals surface area (Å²) in [6, 6.07) is 6.58. The van der Waals surface area contributed by atoms with Crippen LogP contribution in [0.15, 0.2) is 24.4 Å². The monoisotopic (exact) mass is 199 g/mol. The molecule has 1 aromatic heterocycles. The van der Waals surface area contributed by atoms with Crippen molar-refractivity contribution < 1.29 is 0 Å². The van der Waals surface area contributed by atoms with E-state index in [0.29, 0.717) is 5.92 Å². The van der Waals surface area contributed by atoms with Gasteiger partial charge in [-0.3, -0.25) is 4.98 Å². The number of hydrogen-bond acceptors (Lipinski definition) is 1. The maximum atomic E-state index is 4.56. The van der Waals surface area contributed by atoms with Crippen molar-refractivity contribution >= 4 is 10.9 Å². The molecule has 15 heavy (non-hydrogen) atoms. The summed E-state index contributed by atoms with van der Waals surface area (Å²) in [5, 5.41) is 1.29. The molecule has 0 amide bonds. The Morgan fingerprint density at radius 2 is 1.73 bits per heavy atom. The molecule has 1 heteroatoms. The smallest absolute Gasteiger partial charge is 0.0733 e. The third kappa shape index (κ3) is 1.74. The SMILES string of the molecule is Cc1ccc(C)c2ncc(C(C)C)cc12. The Hall–Kier alpha value is -1.37. The highest BCUT2D eigenvalue weighted by Crippen LogP contribution is 2.24. The Kier molecular flexibility index (Phi) is 2.47. The van der Waals surface area contributed by atoms with Crippen LogP contribution < -0.4 is 0 Å². The molecule has 0 saturated carbocycles. The lowest BCUT2D eigenvalue weighted by molar-refractivity contribution is 0.862. The summed E-state index contributed by atoms with van der Waals surface area (Å²) >= 11 is 0. The van der Waals surface area contributed by atoms with Gasteiger partial charge in [-0.05, 0) is 42.5 Å². The second kappa shape index (κ2) is 3.65. The summed E-state index contributed by atoms with van der Waals surface area (Å²) in [5.74, 6) is 0.543. The van der Waals surface area contributed by atoms with Gasteiger partial charge in [-0.2, -0.15) is 0 Å². The maximum absolute atomic E-state index is 4.56. The molecule has 0 saturated heterocycles. The highest BCUT2D eigenvalue weighted by molar-refractivity contribution is 5.85. The molecule has 0 bridgehead atoms. The number of benzene rings is 1. The van der Waals surface area contributed by atoms with E-state index < -0.39 is 0 Å². The topological polar surface area (TPSA) is 12.9 Å². The van der Waals surface area contributed by atoms with Gasteiger partial charge in [0.05, 0.1) is 5.52 Å². The molecule has 0 fully saturated rings. The van der Waals surface area contributed by atoms with E-state index in [1.807, 2.05) is 6.20 Å². The summed E-state index contributed by atoms with van der Waals surface area (Å²) in [7, 11) is 0. The largest absolute Gasteiger partial charge is 0.256 e. The summed E-state index contributed by atoms with van der Waals surface area (Å²) in [5.41, 5.74) is 5.02. The Balaban J connectivity index is 2.76. The van der Waals surface area contributed by atoms with Crippen LogP contribution in [0.2, 0.25) is 0 Å². The number of aryl methyl sites for hydroxylation is 2. The van der Waals surface area contributed by atoms with E-state index in [-0.39, 0.29) is 0 Å². The van der Waals surface area contributed by atoms with Crippen LogP contribution in [0.5, 0.6) is 0 Å². The van der Waals surface area contributed by atoms with E-state index in [1.165, 1.54) is 22.1 Å². The first kappa shape index (κ1) is 10.2. The highest BCUT2D eigenvalue weighted by Gasteiger charge is 2.05. The zero-order chi connectivity index (χ0) is 11.0. The number of fused-ring (bicyclic) bond motifs is 1. The van der Waals surface area contributed by atoms with E-state index in [0.717, 1.165) is 5.52 Å². The van der Waals surface area contributed by atoms with Crippen molar-refractivity contribution in [2.75, 3.05) is 0 Å². The van der Waals surface area contributed by atoms with Crippen molar-refractivity contribution in [2.24, 2.45) is 0 Å². The van der Waals surface area contributed by atoms with Crippen LogP contribution in [0.25, 0.3) is 10.9 Å². The van der Waals surface area contributed by atoms with E-state index in [4.69, 9.17) is 0 Å². The number of rotatable bonds is 1. The number of pyridine rings is 1. The normalized spacial score (nSPS) is 11.3. The molecule has 1 nitrogen and oxygen atoms in total. The third-order valence-corrected chi connectivity index (χ3v) is 2.96. The van der Waals surface area contributed by atoms with Gasteiger partial charge in [0.1, 0.15) is 0 Å². The molecule has 0 atom stereocenters. The van der Waals surface area contributed by atoms with Gasteiger partial charge in [0.15, 0.2) is 0 Å². The van der Waals surface area contributed by atoms with Gasteiger partial charge in [0.2, 0.25) is 0 Å². The fraction of sp³-hybridized carbons (Fsp3) is 0.357. The maximum Gasteiger partial charge on any atom is 0.0733 e. The lowest BCUT2D eigenvalue weighted by atomic mass is 9.99. The molecule has 0 aliphatic carbocycles. The molecule has 2 rings (SSSR count). The number of hydrogen-bond donors (Lipinski definition) is 0. The van der Waals surface area contributed by atoms with E-state index >= 15 is 0 Å². The molecule has 1 aromatic carbocycles. The first-order chi connectivity index (χ1) is 7.09. The molecule has 0 aliphatic rings. The molecule has 0 unspecified atom stereocenters. The minimum absolute atomic E-state index is 0.543. The molecule has 0 aliphatic heterocycles. The molecule has 2 aromatic rings. The Bertz CT molecular complexity index is 498. The van der Waals surface area contributed by atoms with Crippen LogP contribution in [0.4, 0.5) is 0 Å². The first-order valence-electron chi connectivity index (χ1n) is 5.45. The number of nitrogens with zero attached hydrogens (tertiary/aromatic N) is 1. The van der Waals surface area contributed by atoms with Crippen molar-refractivity contribution in [3.05, 3.63) is 41.1 Å². The van der Waals surface area contributed by atoms with Crippen molar-refractivity contribution in [1.29, 1.82) is 0 Å². The molecule has 0 N–H and O–H groups in total. The fourth-order valence-corrected chi connectivity index (χ4v) is 1.83. The van der Waals surface area contributed by atoms with Gasteiger partial charge in [0.25, 0.3) is 0 Å². The quantitative estimate of drug-likeness (QED) is 0.677. The molecule has 0 spiro atoms.